The number of nitrogens with zero attached hydrogens (tertiary/aromatic N) is 2. The molecule has 3 aromatic carbocycles. The molecule has 4 heteroatoms. The standard InChI is InChI=1S/C21H22NSi.C14H14N.Ir/c1-23(2,3)21-16-22-20(18-12-8-5-9-13-18)15-19(21)14-17-10-6-4-7-11-17;1-11(2)13-8-9-15-14(10-13)12-6-4-3-5-7-12;/h4-12,15-16H,14H2,1-3H3;3-6,8-11H,1-2H3;/q2*-1;/i14D2;11D;. The van der Waals surface area contributed by atoms with Gasteiger partial charge in [-0.2, -0.15) is 0 Å². The van der Waals surface area contributed by atoms with E-state index in [1.54, 1.807) is 6.20 Å². The molecule has 0 fully saturated rings. The van der Waals surface area contributed by atoms with Crippen LogP contribution in [0.2, 0.25) is 19.6 Å². The third-order valence-corrected chi connectivity index (χ3v) is 8.09. The Morgan fingerprint density at radius 2 is 1.38 bits per heavy atom. The minimum Gasteiger partial charge on any atom is -0.305 e. The van der Waals surface area contributed by atoms with Crippen molar-refractivity contribution in [2.75, 3.05) is 0 Å². The summed E-state index contributed by atoms with van der Waals surface area (Å²) < 4.78 is 25.7. The van der Waals surface area contributed by atoms with Crippen LogP contribution in [-0.4, -0.2) is 18.0 Å². The van der Waals surface area contributed by atoms with E-state index < -0.39 is 20.3 Å². The molecule has 0 saturated carbocycles. The van der Waals surface area contributed by atoms with Crippen molar-refractivity contribution in [2.45, 2.75) is 45.8 Å². The van der Waals surface area contributed by atoms with Gasteiger partial charge in [0.1, 0.15) is 0 Å². The number of pyridine rings is 2. The normalized spacial score (nSPS) is 12.6. The maximum atomic E-state index is 8.84. The Morgan fingerprint density at radius 3 is 1.92 bits per heavy atom. The van der Waals surface area contributed by atoms with Crippen molar-refractivity contribution in [3.8, 4) is 22.5 Å². The first-order valence-electron chi connectivity index (χ1n) is 14.3. The van der Waals surface area contributed by atoms with Gasteiger partial charge in [-0.15, -0.1) is 71.8 Å². The molecule has 0 aliphatic rings. The summed E-state index contributed by atoms with van der Waals surface area (Å²) in [6, 6.07) is 36.9. The van der Waals surface area contributed by atoms with E-state index >= 15 is 0 Å². The molecule has 0 amide bonds. The van der Waals surface area contributed by atoms with Crippen LogP contribution in [0.15, 0.2) is 109 Å². The predicted octanol–water partition coefficient (Wildman–Crippen LogP) is 8.35. The third-order valence-electron chi connectivity index (χ3n) is 6.07. The molecule has 39 heavy (non-hydrogen) atoms. The Kier molecular flexibility index (Phi) is 9.55. The second kappa shape index (κ2) is 14.3. The summed E-state index contributed by atoms with van der Waals surface area (Å²) in [6.07, 6.45) is 2.06. The topological polar surface area (TPSA) is 25.8 Å². The predicted molar refractivity (Wildman–Crippen MR) is 163 cm³/mol. The van der Waals surface area contributed by atoms with Gasteiger partial charge in [0, 0.05) is 36.6 Å². The Balaban J connectivity index is 0.000000247. The SMILES string of the molecule is [2H]C(C)(C)c1ccnc(-c2[c-]cccc2)c1.[2H]C([2H])(c1ccccc1)c1cc(-c2[c-]cccc2)ncc1[Si](C)(C)C.[Ir]. The van der Waals surface area contributed by atoms with Crippen LogP contribution in [0.4, 0.5) is 0 Å². The maximum absolute atomic E-state index is 8.84. The smallest absolute Gasteiger partial charge is 0.0799 e. The van der Waals surface area contributed by atoms with Crippen LogP contribution in [0.25, 0.3) is 22.5 Å². The van der Waals surface area contributed by atoms with E-state index in [0.717, 1.165) is 38.8 Å². The molecule has 0 spiro atoms. The summed E-state index contributed by atoms with van der Waals surface area (Å²) in [5.74, 6) is -0.591. The van der Waals surface area contributed by atoms with Crippen molar-refractivity contribution in [1.82, 2.24) is 9.97 Å². The van der Waals surface area contributed by atoms with Crippen LogP contribution in [0.5, 0.6) is 0 Å². The van der Waals surface area contributed by atoms with Gasteiger partial charge in [-0.05, 0) is 40.5 Å². The van der Waals surface area contributed by atoms with Gasteiger partial charge in [0.15, 0.2) is 0 Å². The van der Waals surface area contributed by atoms with Gasteiger partial charge in [-0.3, -0.25) is 0 Å². The first-order chi connectivity index (χ1) is 19.4. The molecule has 1 radical (unpaired) electrons. The average molecular weight is 708 g/mol. The van der Waals surface area contributed by atoms with Gasteiger partial charge in [0.2, 0.25) is 0 Å². The van der Waals surface area contributed by atoms with E-state index in [1.165, 1.54) is 0 Å². The molecule has 0 aliphatic heterocycles. The fourth-order valence-electron chi connectivity index (χ4n) is 3.97. The van der Waals surface area contributed by atoms with Crippen LogP contribution >= 0.6 is 0 Å². The largest absolute Gasteiger partial charge is 0.305 e. The zero-order valence-electron chi connectivity index (χ0n) is 26.1. The molecule has 0 bridgehead atoms. The van der Waals surface area contributed by atoms with Crippen molar-refractivity contribution in [3.05, 3.63) is 138 Å². The summed E-state index contributed by atoms with van der Waals surface area (Å²) in [7, 11) is -1.76. The van der Waals surface area contributed by atoms with Gasteiger partial charge in [-0.25, -0.2) is 0 Å². The molecular weight excluding hydrogens is 669 g/mol. The molecule has 0 N–H and O–H groups in total. The fourth-order valence-corrected chi connectivity index (χ4v) is 5.37. The molecule has 0 aliphatic carbocycles. The molecule has 0 unspecified atom stereocenters. The van der Waals surface area contributed by atoms with E-state index in [1.807, 2.05) is 117 Å². The molecule has 2 aromatic heterocycles. The minimum atomic E-state index is -1.76. The summed E-state index contributed by atoms with van der Waals surface area (Å²) in [5.41, 5.74) is 5.85. The van der Waals surface area contributed by atoms with Gasteiger partial charge in [0.05, 0.1) is 8.07 Å². The van der Waals surface area contributed by atoms with Crippen molar-refractivity contribution in [1.29, 1.82) is 0 Å². The van der Waals surface area contributed by atoms with Crippen molar-refractivity contribution in [3.63, 3.8) is 0 Å². The summed E-state index contributed by atoms with van der Waals surface area (Å²) >= 11 is 0. The van der Waals surface area contributed by atoms with Gasteiger partial charge in [0.25, 0.3) is 0 Å². The number of aromatic nitrogens is 2. The van der Waals surface area contributed by atoms with Crippen LogP contribution in [0.3, 0.4) is 0 Å². The van der Waals surface area contributed by atoms with Gasteiger partial charge in [-0.1, -0.05) is 87.1 Å². The van der Waals surface area contributed by atoms with Crippen molar-refractivity contribution >= 4 is 13.3 Å². The minimum absolute atomic E-state index is 0. The molecule has 0 saturated heterocycles. The third kappa shape index (κ3) is 8.66. The number of benzene rings is 3. The Bertz CT molecular complexity index is 1570. The van der Waals surface area contributed by atoms with Crippen molar-refractivity contribution in [2.24, 2.45) is 0 Å². The van der Waals surface area contributed by atoms with E-state index in [4.69, 9.17) is 4.11 Å². The second-order valence-corrected chi connectivity index (χ2v) is 15.4. The van der Waals surface area contributed by atoms with Gasteiger partial charge < -0.3 is 9.97 Å². The molecule has 5 rings (SSSR count). The number of rotatable bonds is 6. The fraction of sp³-hybridized carbons (Fsp3) is 0.200. The Labute approximate surface area is 253 Å². The zero-order valence-corrected chi connectivity index (χ0v) is 26.5. The van der Waals surface area contributed by atoms with E-state index in [0.29, 0.717) is 5.56 Å². The van der Waals surface area contributed by atoms with Gasteiger partial charge >= 0.3 is 0 Å². The van der Waals surface area contributed by atoms with E-state index in [2.05, 4.69) is 41.7 Å². The van der Waals surface area contributed by atoms with Crippen LogP contribution in [0.1, 0.15) is 40.5 Å². The monoisotopic (exact) mass is 708 g/mol. The second-order valence-electron chi connectivity index (χ2n) is 10.3. The molecular formula is C35H36IrN2Si-2. The number of hydrogen-bond acceptors (Lipinski definition) is 2. The first-order valence-corrected chi connectivity index (χ1v) is 16.3. The molecule has 201 valence electrons. The van der Waals surface area contributed by atoms with Crippen LogP contribution in [-0.2, 0) is 26.5 Å². The maximum Gasteiger partial charge on any atom is 0.0799 e. The quantitative estimate of drug-likeness (QED) is 0.131. The Morgan fingerprint density at radius 1 is 0.795 bits per heavy atom. The van der Waals surface area contributed by atoms with E-state index in [-0.39, 0.29) is 20.1 Å². The first kappa shape index (κ1) is 26.1. The van der Waals surface area contributed by atoms with Crippen LogP contribution < -0.4 is 5.19 Å². The molecule has 2 heterocycles. The Hall–Kier alpha value is -3.17. The summed E-state index contributed by atoms with van der Waals surface area (Å²) in [5, 5.41) is 1.06. The molecule has 2 nitrogen and oxygen atoms in total. The van der Waals surface area contributed by atoms with Crippen molar-refractivity contribution < 1.29 is 24.2 Å². The average Bonchev–Trinajstić information content (AvgIpc) is 2.98. The molecule has 5 aromatic rings. The summed E-state index contributed by atoms with van der Waals surface area (Å²) in [4.78, 5) is 8.93. The number of hydrogen-bond donors (Lipinski definition) is 0. The summed E-state index contributed by atoms with van der Waals surface area (Å²) in [6.45, 7) is 10.4. The van der Waals surface area contributed by atoms with E-state index in [9.17, 15) is 0 Å². The van der Waals surface area contributed by atoms with Crippen LogP contribution in [0, 0.1) is 12.1 Å². The molecule has 0 atom stereocenters. The zero-order chi connectivity index (χ0) is 29.7.